The monoisotopic (exact) mass is 212 g/mol. The second kappa shape index (κ2) is 6.62. The molecule has 86 valence electrons. The molecular formula is C12H20O3. The normalized spacial score (nSPS) is 26.8. The maximum atomic E-state index is 11.3. The molecule has 1 aliphatic rings. The number of carbonyl (C=O) groups is 1. The summed E-state index contributed by atoms with van der Waals surface area (Å²) in [6.07, 6.45) is 8.05. The molecule has 1 saturated carbocycles. The molecule has 0 bridgehead atoms. The third-order valence-corrected chi connectivity index (χ3v) is 2.87. The molecule has 0 heterocycles. The number of hydrogen-bond acceptors (Lipinski definition) is 3. The summed E-state index contributed by atoms with van der Waals surface area (Å²) in [7, 11) is 1.46. The Kier molecular flexibility index (Phi) is 5.40. The van der Waals surface area contributed by atoms with Crippen LogP contribution in [0.1, 0.15) is 32.6 Å². The van der Waals surface area contributed by atoms with E-state index in [1.54, 1.807) is 0 Å². The van der Waals surface area contributed by atoms with Gasteiger partial charge in [0.25, 0.3) is 0 Å². The van der Waals surface area contributed by atoms with Gasteiger partial charge >= 0.3 is 5.97 Å². The van der Waals surface area contributed by atoms with Crippen molar-refractivity contribution in [2.75, 3.05) is 13.7 Å². The largest absolute Gasteiger partial charge is 0.469 e. The molecule has 0 aromatic carbocycles. The van der Waals surface area contributed by atoms with Crippen molar-refractivity contribution < 1.29 is 14.3 Å². The fourth-order valence-electron chi connectivity index (χ4n) is 1.92. The van der Waals surface area contributed by atoms with E-state index in [0.717, 1.165) is 25.7 Å². The Morgan fingerprint density at radius 2 is 2.00 bits per heavy atom. The average Bonchev–Trinajstić information content (AvgIpc) is 2.29. The van der Waals surface area contributed by atoms with Gasteiger partial charge in [0.2, 0.25) is 0 Å². The summed E-state index contributed by atoms with van der Waals surface area (Å²) < 4.78 is 10.4. The highest BCUT2D eigenvalue weighted by atomic mass is 16.5. The number of hydrogen-bond donors (Lipinski definition) is 0. The third-order valence-electron chi connectivity index (χ3n) is 2.87. The number of ether oxygens (including phenoxy) is 2. The summed E-state index contributed by atoms with van der Waals surface area (Å²) in [5.41, 5.74) is 0. The van der Waals surface area contributed by atoms with E-state index >= 15 is 0 Å². The fraction of sp³-hybridized carbons (Fsp3) is 0.750. The first-order chi connectivity index (χ1) is 7.27. The van der Waals surface area contributed by atoms with Crippen molar-refractivity contribution in [2.45, 2.75) is 38.7 Å². The number of esters is 1. The van der Waals surface area contributed by atoms with Crippen molar-refractivity contribution >= 4 is 5.97 Å². The van der Waals surface area contributed by atoms with Crippen LogP contribution in [-0.4, -0.2) is 25.8 Å². The van der Waals surface area contributed by atoms with Crippen LogP contribution in [0, 0.1) is 5.92 Å². The molecule has 15 heavy (non-hydrogen) atoms. The lowest BCUT2D eigenvalue weighted by Gasteiger charge is -2.26. The Labute approximate surface area is 91.4 Å². The molecular weight excluding hydrogens is 192 g/mol. The van der Waals surface area contributed by atoms with Gasteiger partial charge in [0, 0.05) is 0 Å². The van der Waals surface area contributed by atoms with Crippen LogP contribution in [0.3, 0.4) is 0 Å². The highest BCUT2D eigenvalue weighted by Gasteiger charge is 2.26. The minimum absolute atomic E-state index is 0.0677. The molecule has 0 N–H and O–H groups in total. The summed E-state index contributed by atoms with van der Waals surface area (Å²) in [6.45, 7) is 2.67. The molecule has 0 aromatic rings. The standard InChI is InChI=1S/C12H20O3/c1-3-4-9-15-11-7-5-10(6-8-11)12(13)14-2/h3-4,10-11H,5-9H2,1-2H3/b4-3+. The van der Waals surface area contributed by atoms with Crippen LogP contribution >= 0.6 is 0 Å². The molecule has 3 heteroatoms. The van der Waals surface area contributed by atoms with Crippen LogP contribution in [-0.2, 0) is 14.3 Å². The summed E-state index contributed by atoms with van der Waals surface area (Å²) in [5.74, 6) is 0.0264. The molecule has 1 aliphatic carbocycles. The summed E-state index contributed by atoms with van der Waals surface area (Å²) in [5, 5.41) is 0. The molecule has 0 aliphatic heterocycles. The van der Waals surface area contributed by atoms with Crippen LogP contribution in [0.5, 0.6) is 0 Å². The van der Waals surface area contributed by atoms with Crippen LogP contribution in [0.2, 0.25) is 0 Å². The molecule has 0 amide bonds. The Morgan fingerprint density at radius 1 is 1.33 bits per heavy atom. The second-order valence-electron chi connectivity index (χ2n) is 3.90. The topological polar surface area (TPSA) is 35.5 Å². The van der Waals surface area contributed by atoms with Gasteiger partial charge in [0.1, 0.15) is 0 Å². The molecule has 0 aromatic heterocycles. The molecule has 0 spiro atoms. The highest BCUT2D eigenvalue weighted by Crippen LogP contribution is 2.26. The highest BCUT2D eigenvalue weighted by molar-refractivity contribution is 5.72. The predicted octanol–water partition coefficient (Wildman–Crippen LogP) is 2.31. The van der Waals surface area contributed by atoms with Gasteiger partial charge in [-0.25, -0.2) is 0 Å². The molecule has 3 nitrogen and oxygen atoms in total. The zero-order chi connectivity index (χ0) is 11.1. The number of rotatable bonds is 4. The lowest BCUT2D eigenvalue weighted by molar-refractivity contribution is -0.147. The first-order valence-electron chi connectivity index (χ1n) is 5.58. The fourth-order valence-corrected chi connectivity index (χ4v) is 1.92. The molecule has 0 unspecified atom stereocenters. The number of methoxy groups -OCH3 is 1. The predicted molar refractivity (Wildman–Crippen MR) is 58.5 cm³/mol. The Morgan fingerprint density at radius 3 is 2.53 bits per heavy atom. The maximum Gasteiger partial charge on any atom is 0.308 e. The van der Waals surface area contributed by atoms with E-state index in [1.807, 2.05) is 19.1 Å². The van der Waals surface area contributed by atoms with Crippen molar-refractivity contribution in [2.24, 2.45) is 5.92 Å². The molecule has 0 radical (unpaired) electrons. The van der Waals surface area contributed by atoms with E-state index in [2.05, 4.69) is 0 Å². The SMILES string of the molecule is C/C=C/COC1CCC(C(=O)OC)CC1. The zero-order valence-electron chi connectivity index (χ0n) is 9.57. The second-order valence-corrected chi connectivity index (χ2v) is 3.90. The van der Waals surface area contributed by atoms with E-state index in [4.69, 9.17) is 9.47 Å². The van der Waals surface area contributed by atoms with E-state index in [1.165, 1.54) is 7.11 Å². The van der Waals surface area contributed by atoms with E-state index in [-0.39, 0.29) is 11.9 Å². The quantitative estimate of drug-likeness (QED) is 0.530. The van der Waals surface area contributed by atoms with Crippen molar-refractivity contribution in [1.82, 2.24) is 0 Å². The minimum atomic E-state index is -0.0677. The summed E-state index contributed by atoms with van der Waals surface area (Å²) in [4.78, 5) is 11.3. The van der Waals surface area contributed by atoms with Gasteiger partial charge in [-0.15, -0.1) is 0 Å². The Bertz CT molecular complexity index is 215. The van der Waals surface area contributed by atoms with E-state index in [9.17, 15) is 4.79 Å². The zero-order valence-corrected chi connectivity index (χ0v) is 9.57. The van der Waals surface area contributed by atoms with Crippen molar-refractivity contribution in [1.29, 1.82) is 0 Å². The van der Waals surface area contributed by atoms with Crippen LogP contribution in [0.25, 0.3) is 0 Å². The molecule has 0 atom stereocenters. The van der Waals surface area contributed by atoms with Gasteiger partial charge in [-0.2, -0.15) is 0 Å². The first-order valence-corrected chi connectivity index (χ1v) is 5.58. The van der Waals surface area contributed by atoms with E-state index < -0.39 is 0 Å². The van der Waals surface area contributed by atoms with Crippen molar-refractivity contribution in [3.8, 4) is 0 Å². The smallest absolute Gasteiger partial charge is 0.308 e. The van der Waals surface area contributed by atoms with Crippen LogP contribution < -0.4 is 0 Å². The van der Waals surface area contributed by atoms with Crippen molar-refractivity contribution in [3.05, 3.63) is 12.2 Å². The number of allylic oxidation sites excluding steroid dienone is 1. The van der Waals surface area contributed by atoms with Gasteiger partial charge in [-0.1, -0.05) is 12.2 Å². The van der Waals surface area contributed by atoms with Gasteiger partial charge in [0.05, 0.1) is 25.7 Å². The van der Waals surface area contributed by atoms with Crippen molar-refractivity contribution in [3.63, 3.8) is 0 Å². The molecule has 1 fully saturated rings. The Hall–Kier alpha value is -0.830. The maximum absolute atomic E-state index is 11.3. The third kappa shape index (κ3) is 4.04. The average molecular weight is 212 g/mol. The Balaban J connectivity index is 2.20. The molecule has 1 rings (SSSR count). The first kappa shape index (κ1) is 12.2. The van der Waals surface area contributed by atoms with Crippen LogP contribution in [0.4, 0.5) is 0 Å². The van der Waals surface area contributed by atoms with Gasteiger partial charge in [0.15, 0.2) is 0 Å². The van der Waals surface area contributed by atoms with E-state index in [0.29, 0.717) is 12.7 Å². The minimum Gasteiger partial charge on any atom is -0.469 e. The van der Waals surface area contributed by atoms with Gasteiger partial charge < -0.3 is 9.47 Å². The lowest BCUT2D eigenvalue weighted by atomic mass is 9.87. The summed E-state index contributed by atoms with van der Waals surface area (Å²) >= 11 is 0. The van der Waals surface area contributed by atoms with Gasteiger partial charge in [-0.05, 0) is 32.6 Å². The van der Waals surface area contributed by atoms with Gasteiger partial charge in [-0.3, -0.25) is 4.79 Å². The van der Waals surface area contributed by atoms with Crippen LogP contribution in [0.15, 0.2) is 12.2 Å². The molecule has 0 saturated heterocycles. The number of carbonyl (C=O) groups excluding carboxylic acids is 1. The lowest BCUT2D eigenvalue weighted by Crippen LogP contribution is -2.27. The summed E-state index contributed by atoms with van der Waals surface area (Å²) in [6, 6.07) is 0.